The third-order valence-electron chi connectivity index (χ3n) is 7.27. The summed E-state index contributed by atoms with van der Waals surface area (Å²) in [5, 5.41) is 8.90. The molecule has 0 saturated carbocycles. The molecular formula is C32H31FN6O3. The first kappa shape index (κ1) is 28.4. The van der Waals surface area contributed by atoms with Gasteiger partial charge in [-0.3, -0.25) is 19.0 Å². The van der Waals surface area contributed by atoms with Crippen molar-refractivity contribution < 1.29 is 14.0 Å². The number of rotatable bonds is 8. The number of carbonyl (C=O) groups excluding carboxylic acids is 2. The first-order valence-corrected chi connectivity index (χ1v) is 13.5. The second-order valence-corrected chi connectivity index (χ2v) is 10.1. The molecule has 9 nitrogen and oxygen atoms in total. The first-order valence-electron chi connectivity index (χ1n) is 13.5. The van der Waals surface area contributed by atoms with E-state index in [0.29, 0.717) is 16.8 Å². The molecule has 2 heterocycles. The maximum atomic E-state index is 13.9. The third-order valence-corrected chi connectivity index (χ3v) is 7.27. The Balaban J connectivity index is 1.60. The van der Waals surface area contributed by atoms with Crippen LogP contribution < -0.4 is 21.5 Å². The Morgan fingerprint density at radius 2 is 1.81 bits per heavy atom. The third kappa shape index (κ3) is 5.57. The Bertz CT molecular complexity index is 1880. The average Bonchev–Trinajstić information content (AvgIpc) is 3.33. The van der Waals surface area contributed by atoms with Crippen molar-refractivity contribution in [2.24, 2.45) is 0 Å². The molecule has 0 aliphatic carbocycles. The van der Waals surface area contributed by atoms with E-state index in [1.54, 1.807) is 51.4 Å². The van der Waals surface area contributed by atoms with E-state index in [9.17, 15) is 18.8 Å². The maximum Gasteiger partial charge on any atom is 0.294 e. The van der Waals surface area contributed by atoms with Crippen molar-refractivity contribution in [2.45, 2.75) is 26.4 Å². The van der Waals surface area contributed by atoms with Gasteiger partial charge in [0.1, 0.15) is 5.82 Å². The SMILES string of the molecule is CNC(=O)c1cccc(-c2cnc(NC(=O)C(C)NC)c(=O)n2Cc2cccc(-n3cc(C)c4cc(F)ccc43)c2)c1. The quantitative estimate of drug-likeness (QED) is 0.260. The van der Waals surface area contributed by atoms with Crippen molar-refractivity contribution in [2.75, 3.05) is 19.4 Å². The molecule has 10 heteroatoms. The summed E-state index contributed by atoms with van der Waals surface area (Å²) in [6.07, 6.45) is 3.47. The number of fused-ring (bicyclic) bond motifs is 1. The van der Waals surface area contributed by atoms with Gasteiger partial charge in [-0.15, -0.1) is 0 Å². The Morgan fingerprint density at radius 3 is 2.57 bits per heavy atom. The zero-order chi connectivity index (χ0) is 30.0. The molecule has 2 aromatic heterocycles. The van der Waals surface area contributed by atoms with Gasteiger partial charge in [0.15, 0.2) is 5.82 Å². The molecule has 0 fully saturated rings. The highest BCUT2D eigenvalue weighted by molar-refractivity contribution is 5.95. The standard InChI is InChI=1S/C32H31FN6O3/c1-19-17-38(27-12-11-24(33)15-26(19)27)25-10-5-7-21(13-25)18-39-28(22-8-6-9-23(14-22)31(41)35-4)16-36-29(32(39)42)37-30(40)20(2)34-3/h5-17,20,34H,18H2,1-4H3,(H,35,41)(H,36,37,40). The Labute approximate surface area is 242 Å². The van der Waals surface area contributed by atoms with Gasteiger partial charge in [-0.05, 0) is 74.5 Å². The first-order chi connectivity index (χ1) is 20.2. The number of aromatic nitrogens is 3. The lowest BCUT2D eigenvalue weighted by atomic mass is 10.1. The van der Waals surface area contributed by atoms with Crippen LogP contribution in [0, 0.1) is 12.7 Å². The largest absolute Gasteiger partial charge is 0.355 e. The summed E-state index contributed by atoms with van der Waals surface area (Å²) in [5.74, 6) is -1.05. The van der Waals surface area contributed by atoms with Crippen molar-refractivity contribution in [3.63, 3.8) is 0 Å². The summed E-state index contributed by atoms with van der Waals surface area (Å²) in [6, 6.07) is 18.8. The van der Waals surface area contributed by atoms with E-state index < -0.39 is 17.5 Å². The number of benzene rings is 3. The molecule has 0 saturated heterocycles. The van der Waals surface area contributed by atoms with Gasteiger partial charge in [-0.1, -0.05) is 24.3 Å². The van der Waals surface area contributed by atoms with E-state index in [4.69, 9.17) is 0 Å². The number of nitrogens with zero attached hydrogens (tertiary/aromatic N) is 3. The average molecular weight is 567 g/mol. The van der Waals surface area contributed by atoms with Crippen LogP contribution >= 0.6 is 0 Å². The molecular weight excluding hydrogens is 535 g/mol. The topological polar surface area (TPSA) is 110 Å². The predicted octanol–water partition coefficient (Wildman–Crippen LogP) is 4.26. The lowest BCUT2D eigenvalue weighted by Gasteiger charge is -2.17. The van der Waals surface area contributed by atoms with E-state index >= 15 is 0 Å². The fourth-order valence-electron chi connectivity index (χ4n) is 4.85. The minimum atomic E-state index is -0.534. The van der Waals surface area contributed by atoms with E-state index in [1.807, 2.05) is 42.0 Å². The fraction of sp³-hybridized carbons (Fsp3) is 0.188. The van der Waals surface area contributed by atoms with Crippen LogP contribution in [0.5, 0.6) is 0 Å². The zero-order valence-electron chi connectivity index (χ0n) is 23.7. The molecule has 5 aromatic rings. The van der Waals surface area contributed by atoms with Crippen LogP contribution in [-0.2, 0) is 11.3 Å². The molecule has 5 rings (SSSR count). The monoisotopic (exact) mass is 566 g/mol. The molecule has 2 amide bonds. The summed E-state index contributed by atoms with van der Waals surface area (Å²) in [7, 11) is 3.20. The summed E-state index contributed by atoms with van der Waals surface area (Å²) in [6.45, 7) is 3.77. The number of aryl methyl sites for hydroxylation is 1. The highest BCUT2D eigenvalue weighted by atomic mass is 19.1. The molecule has 0 aliphatic heterocycles. The minimum absolute atomic E-state index is 0.0986. The van der Waals surface area contributed by atoms with E-state index in [0.717, 1.165) is 27.7 Å². The van der Waals surface area contributed by atoms with E-state index in [-0.39, 0.29) is 24.1 Å². The van der Waals surface area contributed by atoms with Gasteiger partial charge in [0, 0.05) is 35.4 Å². The number of hydrogen-bond acceptors (Lipinski definition) is 5. The van der Waals surface area contributed by atoms with Crippen LogP contribution in [0.3, 0.4) is 0 Å². The number of amides is 2. The molecule has 0 aliphatic rings. The predicted molar refractivity (Wildman–Crippen MR) is 162 cm³/mol. The van der Waals surface area contributed by atoms with Crippen molar-refractivity contribution in [1.29, 1.82) is 0 Å². The molecule has 3 aromatic carbocycles. The lowest BCUT2D eigenvalue weighted by molar-refractivity contribution is -0.117. The molecule has 1 atom stereocenters. The molecule has 0 radical (unpaired) electrons. The number of carbonyl (C=O) groups is 2. The number of likely N-dealkylation sites (N-methyl/N-ethyl adjacent to an activating group) is 1. The molecule has 3 N–H and O–H groups in total. The fourth-order valence-corrected chi connectivity index (χ4v) is 4.85. The zero-order valence-corrected chi connectivity index (χ0v) is 23.7. The lowest BCUT2D eigenvalue weighted by Crippen LogP contribution is -2.38. The second-order valence-electron chi connectivity index (χ2n) is 10.1. The van der Waals surface area contributed by atoms with Gasteiger partial charge in [-0.2, -0.15) is 0 Å². The number of halogens is 1. The highest BCUT2D eigenvalue weighted by Gasteiger charge is 2.18. The molecule has 42 heavy (non-hydrogen) atoms. The van der Waals surface area contributed by atoms with Gasteiger partial charge >= 0.3 is 0 Å². The summed E-state index contributed by atoms with van der Waals surface area (Å²) < 4.78 is 17.4. The second kappa shape index (κ2) is 11.8. The smallest absolute Gasteiger partial charge is 0.294 e. The van der Waals surface area contributed by atoms with Crippen molar-refractivity contribution in [3.8, 4) is 16.9 Å². The van der Waals surface area contributed by atoms with E-state index in [1.165, 1.54) is 22.9 Å². The summed E-state index contributed by atoms with van der Waals surface area (Å²) in [4.78, 5) is 43.0. The minimum Gasteiger partial charge on any atom is -0.355 e. The van der Waals surface area contributed by atoms with Gasteiger partial charge in [0.25, 0.3) is 11.5 Å². The van der Waals surface area contributed by atoms with E-state index in [2.05, 4.69) is 20.9 Å². The Kier molecular flexibility index (Phi) is 7.99. The van der Waals surface area contributed by atoms with Gasteiger partial charge < -0.3 is 20.5 Å². The molecule has 0 spiro atoms. The summed E-state index contributed by atoms with van der Waals surface area (Å²) >= 11 is 0. The van der Waals surface area contributed by atoms with Crippen LogP contribution in [0.4, 0.5) is 10.2 Å². The van der Waals surface area contributed by atoms with Crippen molar-refractivity contribution in [1.82, 2.24) is 24.8 Å². The number of nitrogens with one attached hydrogen (secondary N) is 3. The Hall–Kier alpha value is -5.09. The molecule has 0 bridgehead atoms. The van der Waals surface area contributed by atoms with Crippen LogP contribution in [0.15, 0.2) is 83.9 Å². The summed E-state index contributed by atoms with van der Waals surface area (Å²) in [5.41, 5.74) is 4.50. The number of anilines is 1. The highest BCUT2D eigenvalue weighted by Crippen LogP contribution is 2.26. The maximum absolute atomic E-state index is 13.9. The van der Waals surface area contributed by atoms with Crippen LogP contribution in [0.25, 0.3) is 27.8 Å². The molecule has 1 unspecified atom stereocenters. The molecule has 214 valence electrons. The Morgan fingerprint density at radius 1 is 1.02 bits per heavy atom. The normalized spacial score (nSPS) is 11.8. The van der Waals surface area contributed by atoms with Crippen LogP contribution in [0.2, 0.25) is 0 Å². The van der Waals surface area contributed by atoms with Crippen molar-refractivity contribution >= 4 is 28.5 Å². The van der Waals surface area contributed by atoms with Gasteiger partial charge in [0.2, 0.25) is 5.91 Å². The van der Waals surface area contributed by atoms with Crippen LogP contribution in [0.1, 0.15) is 28.4 Å². The van der Waals surface area contributed by atoms with Crippen molar-refractivity contribution in [3.05, 3.63) is 112 Å². The van der Waals surface area contributed by atoms with Crippen LogP contribution in [-0.4, -0.2) is 46.1 Å². The van der Waals surface area contributed by atoms with Gasteiger partial charge in [-0.25, -0.2) is 9.37 Å². The number of hydrogen-bond donors (Lipinski definition) is 3. The van der Waals surface area contributed by atoms with Gasteiger partial charge in [0.05, 0.1) is 30.0 Å².